The zero-order chi connectivity index (χ0) is 27.8. The quantitative estimate of drug-likeness (QED) is 0.206. The van der Waals surface area contributed by atoms with E-state index in [0.29, 0.717) is 5.75 Å². The van der Waals surface area contributed by atoms with Gasteiger partial charge in [-0.3, -0.25) is 19.2 Å². The summed E-state index contributed by atoms with van der Waals surface area (Å²) in [6.07, 6.45) is 1.11. The Balaban J connectivity index is 1.88. The van der Waals surface area contributed by atoms with E-state index < -0.39 is 25.0 Å². The van der Waals surface area contributed by atoms with Gasteiger partial charge in [0.15, 0.2) is 0 Å². The second-order valence-electron chi connectivity index (χ2n) is 8.01. The molecule has 0 saturated carbocycles. The lowest BCUT2D eigenvalue weighted by atomic mass is 10.2. The molecule has 0 aliphatic carbocycles. The van der Waals surface area contributed by atoms with Crippen LogP contribution in [-0.2, 0) is 24.8 Å². The van der Waals surface area contributed by atoms with Gasteiger partial charge in [0.1, 0.15) is 23.8 Å². The van der Waals surface area contributed by atoms with Gasteiger partial charge < -0.3 is 14.8 Å². The summed E-state index contributed by atoms with van der Waals surface area (Å²) in [5, 5.41) is 13.8. The van der Waals surface area contributed by atoms with Gasteiger partial charge in [0.05, 0.1) is 29.7 Å². The average molecular weight is 559 g/mol. The summed E-state index contributed by atoms with van der Waals surface area (Å²) in [5.74, 6) is 0.238. The number of nitro groups is 1. The minimum absolute atomic E-state index is 0.000351. The van der Waals surface area contributed by atoms with E-state index in [1.165, 1.54) is 57.6 Å². The van der Waals surface area contributed by atoms with Crippen LogP contribution in [0.25, 0.3) is 0 Å². The van der Waals surface area contributed by atoms with Gasteiger partial charge >= 0.3 is 0 Å². The molecule has 37 heavy (non-hydrogen) atoms. The van der Waals surface area contributed by atoms with Gasteiger partial charge in [-0.2, -0.15) is 0 Å². The Morgan fingerprint density at radius 1 is 1.08 bits per heavy atom. The smallest absolute Gasteiger partial charge is 0.271 e. The fraction of sp³-hybridized carbons (Fsp3) is 0.409. The number of ether oxygens (including phenoxy) is 2. The predicted molar refractivity (Wildman–Crippen MR) is 137 cm³/mol. The molecule has 0 saturated heterocycles. The van der Waals surface area contributed by atoms with Crippen molar-refractivity contribution in [2.45, 2.75) is 17.7 Å². The van der Waals surface area contributed by atoms with Crippen LogP contribution in [0, 0.1) is 10.1 Å². The highest BCUT2D eigenvalue weighted by Gasteiger charge is 2.24. The fourth-order valence-electron chi connectivity index (χ4n) is 3.20. The number of methoxy groups -OCH3 is 1. The van der Waals surface area contributed by atoms with Gasteiger partial charge in [0.2, 0.25) is 26.0 Å². The van der Waals surface area contributed by atoms with Gasteiger partial charge in [-0.25, -0.2) is 21.1 Å². The van der Waals surface area contributed by atoms with Crippen molar-refractivity contribution >= 4 is 37.3 Å². The minimum Gasteiger partial charge on any atom is -0.495 e. The summed E-state index contributed by atoms with van der Waals surface area (Å²) in [4.78, 5) is 22.8. The maximum absolute atomic E-state index is 12.4. The number of benzene rings is 2. The van der Waals surface area contributed by atoms with Crippen molar-refractivity contribution < 1.29 is 36.0 Å². The first-order valence-electron chi connectivity index (χ1n) is 11.0. The average Bonchev–Trinajstić information content (AvgIpc) is 2.83. The lowest BCUT2D eigenvalue weighted by Crippen LogP contribution is -2.33. The largest absolute Gasteiger partial charge is 0.495 e. The summed E-state index contributed by atoms with van der Waals surface area (Å²) in [5.41, 5.74) is -0.284. The molecule has 0 atom stereocenters. The molecule has 0 heterocycles. The van der Waals surface area contributed by atoms with Gasteiger partial charge in [0, 0.05) is 39.2 Å². The topological polar surface area (TPSA) is 165 Å². The molecule has 0 fully saturated rings. The fourth-order valence-corrected chi connectivity index (χ4v) is 5.06. The van der Waals surface area contributed by atoms with E-state index in [1.807, 2.05) is 0 Å². The molecule has 0 bridgehead atoms. The van der Waals surface area contributed by atoms with Gasteiger partial charge in [-0.1, -0.05) is 0 Å². The molecule has 13 nitrogen and oxygen atoms in total. The van der Waals surface area contributed by atoms with Crippen LogP contribution in [-0.4, -0.2) is 79.1 Å². The molecule has 0 aliphatic heterocycles. The number of carbonyl (C=O) groups is 1. The normalized spacial score (nSPS) is 11.7. The zero-order valence-corrected chi connectivity index (χ0v) is 22.5. The van der Waals surface area contributed by atoms with E-state index in [2.05, 4.69) is 5.32 Å². The highest BCUT2D eigenvalue weighted by Crippen LogP contribution is 2.33. The molecule has 0 spiro atoms. The van der Waals surface area contributed by atoms with Crippen LogP contribution in [0.15, 0.2) is 47.4 Å². The van der Waals surface area contributed by atoms with Gasteiger partial charge in [-0.15, -0.1) is 0 Å². The van der Waals surface area contributed by atoms with Crippen LogP contribution in [0.3, 0.4) is 0 Å². The van der Waals surface area contributed by atoms with Crippen LogP contribution in [0.1, 0.15) is 12.8 Å². The number of non-ortho nitro benzene ring substituents is 1. The Labute approximate surface area is 216 Å². The van der Waals surface area contributed by atoms with Crippen molar-refractivity contribution in [1.29, 1.82) is 0 Å². The molecule has 0 aliphatic rings. The molecular weight excluding hydrogens is 528 g/mol. The minimum atomic E-state index is -3.82. The molecule has 1 amide bonds. The van der Waals surface area contributed by atoms with Crippen LogP contribution < -0.4 is 19.1 Å². The molecule has 2 aromatic rings. The highest BCUT2D eigenvalue weighted by atomic mass is 32.2. The van der Waals surface area contributed by atoms with E-state index in [1.54, 1.807) is 0 Å². The van der Waals surface area contributed by atoms with Gasteiger partial charge in [0.25, 0.3) is 5.69 Å². The summed E-state index contributed by atoms with van der Waals surface area (Å²) < 4.78 is 61.6. The number of sulfonamides is 2. The maximum Gasteiger partial charge on any atom is 0.271 e. The van der Waals surface area contributed by atoms with Crippen molar-refractivity contribution in [2.24, 2.45) is 0 Å². The Bertz CT molecular complexity index is 1310. The summed E-state index contributed by atoms with van der Waals surface area (Å²) in [7, 11) is -3.17. The Hall–Kier alpha value is -3.43. The second kappa shape index (κ2) is 12.7. The lowest BCUT2D eigenvalue weighted by molar-refractivity contribution is -0.384. The first-order chi connectivity index (χ1) is 17.3. The number of nitrogens with zero attached hydrogens (tertiary/aromatic N) is 3. The molecule has 0 radical (unpaired) electrons. The van der Waals surface area contributed by atoms with E-state index in [9.17, 15) is 31.7 Å². The van der Waals surface area contributed by atoms with E-state index in [-0.39, 0.29) is 60.5 Å². The standard InChI is InChI=1S/C22H30N4O9S2/c1-24(2)37(32,33)19-10-8-18(9-11-19)35-15-13-23-22(27)6-5-14-25(36(4,30)31)20-16-17(26(28)29)7-12-21(20)34-3/h7-12,16H,5-6,13-15H2,1-4H3,(H,23,27). The number of carbonyl (C=O) groups excluding carboxylic acids is 1. The third-order valence-corrected chi connectivity index (χ3v) is 8.11. The molecule has 2 rings (SSSR count). The monoisotopic (exact) mass is 558 g/mol. The molecule has 204 valence electrons. The molecular formula is C22H30N4O9S2. The number of nitrogens with one attached hydrogen (secondary N) is 1. The predicted octanol–water partition coefficient (Wildman–Crippen LogP) is 1.60. The molecule has 15 heteroatoms. The Morgan fingerprint density at radius 3 is 2.27 bits per heavy atom. The van der Waals surface area contributed by atoms with E-state index in [0.717, 1.165) is 20.9 Å². The molecule has 1 N–H and O–H groups in total. The van der Waals surface area contributed by atoms with Crippen LogP contribution in [0.2, 0.25) is 0 Å². The number of rotatable bonds is 14. The number of amides is 1. The summed E-state index contributed by atoms with van der Waals surface area (Å²) in [6, 6.07) is 9.51. The third-order valence-electron chi connectivity index (χ3n) is 5.10. The van der Waals surface area contributed by atoms with Gasteiger partial charge in [-0.05, 0) is 36.8 Å². The Kier molecular flexibility index (Phi) is 10.2. The molecule has 0 unspecified atom stereocenters. The van der Waals surface area contributed by atoms with Crippen LogP contribution in [0.5, 0.6) is 11.5 Å². The second-order valence-corrected chi connectivity index (χ2v) is 12.1. The third kappa shape index (κ3) is 8.30. The van der Waals surface area contributed by atoms with Crippen LogP contribution >= 0.6 is 0 Å². The molecule has 0 aromatic heterocycles. The number of hydrogen-bond donors (Lipinski definition) is 1. The van der Waals surface area contributed by atoms with Crippen molar-refractivity contribution in [3.63, 3.8) is 0 Å². The zero-order valence-electron chi connectivity index (χ0n) is 20.9. The van der Waals surface area contributed by atoms with E-state index in [4.69, 9.17) is 9.47 Å². The highest BCUT2D eigenvalue weighted by molar-refractivity contribution is 7.92. The number of hydrogen-bond acceptors (Lipinski definition) is 9. The van der Waals surface area contributed by atoms with Crippen LogP contribution in [0.4, 0.5) is 11.4 Å². The SMILES string of the molecule is COc1ccc([N+](=O)[O-])cc1N(CCCC(=O)NCCOc1ccc(S(=O)(=O)N(C)C)cc1)S(C)(=O)=O. The first kappa shape index (κ1) is 29.8. The van der Waals surface area contributed by atoms with Crippen molar-refractivity contribution in [3.8, 4) is 11.5 Å². The lowest BCUT2D eigenvalue weighted by Gasteiger charge is -2.24. The summed E-state index contributed by atoms with van der Waals surface area (Å²) >= 11 is 0. The number of anilines is 1. The molecule has 2 aromatic carbocycles. The van der Waals surface area contributed by atoms with Crippen molar-refractivity contribution in [3.05, 3.63) is 52.6 Å². The maximum atomic E-state index is 12.4. The Morgan fingerprint density at radius 2 is 1.73 bits per heavy atom. The first-order valence-corrected chi connectivity index (χ1v) is 14.3. The number of nitro benzene ring substituents is 1. The van der Waals surface area contributed by atoms with E-state index >= 15 is 0 Å². The van der Waals surface area contributed by atoms with Crippen molar-refractivity contribution in [1.82, 2.24) is 9.62 Å². The summed E-state index contributed by atoms with van der Waals surface area (Å²) in [6.45, 7) is 0.208. The van der Waals surface area contributed by atoms with Crippen molar-refractivity contribution in [2.75, 3.05) is 51.5 Å².